The number of sulfone groups is 1. The fraction of sp³-hybridized carbons (Fsp3) is 0.667. The van der Waals surface area contributed by atoms with Crippen molar-refractivity contribution in [2.24, 2.45) is 0 Å². The molecule has 0 aliphatic heterocycles. The maximum atomic E-state index is 11.8. The first-order valence-corrected chi connectivity index (χ1v) is 8.00. The monoisotopic (exact) mass is 265 g/mol. The summed E-state index contributed by atoms with van der Waals surface area (Å²) < 4.78 is 22.8. The number of thiazole rings is 1. The van der Waals surface area contributed by atoms with Crippen molar-refractivity contribution in [1.29, 1.82) is 0 Å². The van der Waals surface area contributed by atoms with Gasteiger partial charge in [0, 0.05) is 11.6 Å². The molecule has 0 aromatic carbocycles. The van der Waals surface area contributed by atoms with Gasteiger partial charge in [-0.15, -0.1) is 22.9 Å². The van der Waals surface area contributed by atoms with Gasteiger partial charge in [-0.3, -0.25) is 0 Å². The third-order valence-electron chi connectivity index (χ3n) is 2.95. The number of hydrogen-bond acceptors (Lipinski definition) is 4. The molecule has 6 heteroatoms. The van der Waals surface area contributed by atoms with E-state index in [0.717, 1.165) is 12.1 Å². The number of halogens is 1. The van der Waals surface area contributed by atoms with Crippen LogP contribution >= 0.6 is 22.9 Å². The van der Waals surface area contributed by atoms with Crippen LogP contribution in [0.25, 0.3) is 0 Å². The van der Waals surface area contributed by atoms with Gasteiger partial charge in [0.05, 0.1) is 11.6 Å². The molecule has 3 nitrogen and oxygen atoms in total. The van der Waals surface area contributed by atoms with Gasteiger partial charge in [0.25, 0.3) is 0 Å². The Morgan fingerprint density at radius 2 is 2.27 bits per heavy atom. The van der Waals surface area contributed by atoms with Crippen molar-refractivity contribution >= 4 is 32.8 Å². The molecule has 0 spiro atoms. The van der Waals surface area contributed by atoms with Crippen LogP contribution < -0.4 is 0 Å². The summed E-state index contributed by atoms with van der Waals surface area (Å²) in [5.74, 6) is 0.344. The number of alkyl halides is 1. The Hall–Kier alpha value is -0.130. The molecule has 1 fully saturated rings. The quantitative estimate of drug-likeness (QED) is 0.788. The second-order valence-corrected chi connectivity index (χ2v) is 7.35. The average Bonchev–Trinajstić information content (AvgIpc) is 2.47. The topological polar surface area (TPSA) is 47.0 Å². The van der Waals surface area contributed by atoms with Gasteiger partial charge in [-0.1, -0.05) is 0 Å². The lowest BCUT2D eigenvalue weighted by molar-refractivity contribution is 0.345. The number of hydrogen-bond donors (Lipinski definition) is 0. The summed E-state index contributed by atoms with van der Waals surface area (Å²) in [6, 6.07) is 0. The molecular formula is C9H12ClNO2S2. The molecular weight excluding hydrogens is 254 g/mol. The zero-order chi connectivity index (χ0) is 11.1. The summed E-state index contributed by atoms with van der Waals surface area (Å²) in [5.41, 5.74) is 0.770. The highest BCUT2D eigenvalue weighted by Gasteiger charge is 2.50. The third-order valence-corrected chi connectivity index (χ3v) is 6.47. The number of nitrogens with zero attached hydrogens (tertiary/aromatic N) is 1. The van der Waals surface area contributed by atoms with E-state index in [2.05, 4.69) is 4.98 Å². The summed E-state index contributed by atoms with van der Waals surface area (Å²) in [6.45, 7) is 0. The molecule has 2 rings (SSSR count). The van der Waals surface area contributed by atoms with E-state index in [-0.39, 0.29) is 0 Å². The molecule has 1 aromatic heterocycles. The molecule has 0 amide bonds. The highest BCUT2D eigenvalue weighted by atomic mass is 35.5. The molecule has 0 radical (unpaired) electrons. The molecule has 1 aliphatic carbocycles. The highest BCUT2D eigenvalue weighted by Crippen LogP contribution is 2.48. The van der Waals surface area contributed by atoms with Gasteiger partial charge in [-0.2, -0.15) is 0 Å². The minimum Gasteiger partial charge on any atom is -0.243 e. The van der Waals surface area contributed by atoms with Gasteiger partial charge in [0.2, 0.25) is 0 Å². The minimum atomic E-state index is -3.07. The van der Waals surface area contributed by atoms with Crippen molar-refractivity contribution in [3.8, 4) is 0 Å². The zero-order valence-electron chi connectivity index (χ0n) is 8.36. The molecule has 84 valence electrons. The zero-order valence-corrected chi connectivity index (χ0v) is 10.8. The van der Waals surface area contributed by atoms with E-state index < -0.39 is 14.6 Å². The van der Waals surface area contributed by atoms with E-state index in [1.807, 2.05) is 5.38 Å². The lowest BCUT2D eigenvalue weighted by Crippen LogP contribution is -2.41. The van der Waals surface area contributed by atoms with Crippen LogP contribution in [0.1, 0.15) is 30.0 Å². The summed E-state index contributed by atoms with van der Waals surface area (Å²) in [4.78, 5) is 4.30. The van der Waals surface area contributed by atoms with Crippen LogP contribution in [-0.2, 0) is 20.5 Å². The van der Waals surface area contributed by atoms with Crippen LogP contribution in [0.4, 0.5) is 0 Å². The van der Waals surface area contributed by atoms with Crippen LogP contribution in [0.15, 0.2) is 5.38 Å². The van der Waals surface area contributed by atoms with E-state index in [9.17, 15) is 8.42 Å². The Kier molecular flexibility index (Phi) is 2.81. The Labute approximate surface area is 98.4 Å². The van der Waals surface area contributed by atoms with Crippen molar-refractivity contribution in [3.63, 3.8) is 0 Å². The van der Waals surface area contributed by atoms with Crippen LogP contribution in [0.3, 0.4) is 0 Å². The Bertz CT molecular complexity index is 462. The van der Waals surface area contributed by atoms with Gasteiger partial charge in [-0.25, -0.2) is 13.4 Å². The molecule has 1 saturated carbocycles. The fourth-order valence-electron chi connectivity index (χ4n) is 1.82. The number of rotatable bonds is 3. The molecule has 0 saturated heterocycles. The lowest BCUT2D eigenvalue weighted by atomic mass is 9.85. The summed E-state index contributed by atoms with van der Waals surface area (Å²) in [5, 5.41) is 2.56. The third kappa shape index (κ3) is 1.70. The molecule has 1 heterocycles. The predicted octanol–water partition coefficient (Wildman–Crippen LogP) is 2.31. The summed E-state index contributed by atoms with van der Waals surface area (Å²) in [7, 11) is -3.07. The predicted molar refractivity (Wildman–Crippen MR) is 62.0 cm³/mol. The van der Waals surface area contributed by atoms with Crippen LogP contribution in [-0.4, -0.2) is 19.7 Å². The molecule has 0 N–H and O–H groups in total. The highest BCUT2D eigenvalue weighted by molar-refractivity contribution is 7.91. The maximum Gasteiger partial charge on any atom is 0.159 e. The van der Waals surface area contributed by atoms with Crippen LogP contribution in [0.5, 0.6) is 0 Å². The molecule has 0 bridgehead atoms. The molecule has 1 aliphatic rings. The minimum absolute atomic E-state index is 0.344. The second-order valence-electron chi connectivity index (χ2n) is 3.90. The Balaban J connectivity index is 2.43. The van der Waals surface area contributed by atoms with Gasteiger partial charge in [-0.05, 0) is 19.3 Å². The van der Waals surface area contributed by atoms with Crippen molar-refractivity contribution in [2.75, 3.05) is 6.26 Å². The molecule has 1 aromatic rings. The average molecular weight is 266 g/mol. The molecule has 0 unspecified atom stereocenters. The fourth-order valence-corrected chi connectivity index (χ4v) is 5.01. The van der Waals surface area contributed by atoms with Crippen molar-refractivity contribution in [2.45, 2.75) is 29.9 Å². The van der Waals surface area contributed by atoms with E-state index in [4.69, 9.17) is 11.6 Å². The first-order valence-electron chi connectivity index (χ1n) is 4.70. The smallest absolute Gasteiger partial charge is 0.159 e. The SMILES string of the molecule is CS(=O)(=O)C1(c2nc(CCl)cs2)CCC1. The van der Waals surface area contributed by atoms with Gasteiger partial charge in [0.1, 0.15) is 9.75 Å². The second kappa shape index (κ2) is 3.71. The van der Waals surface area contributed by atoms with Gasteiger partial charge in [0.15, 0.2) is 9.84 Å². The summed E-state index contributed by atoms with van der Waals surface area (Å²) >= 11 is 7.07. The lowest BCUT2D eigenvalue weighted by Gasteiger charge is -2.37. The summed E-state index contributed by atoms with van der Waals surface area (Å²) in [6.07, 6.45) is 3.65. The van der Waals surface area contributed by atoms with Crippen LogP contribution in [0.2, 0.25) is 0 Å². The Morgan fingerprint density at radius 1 is 1.60 bits per heavy atom. The normalized spacial score (nSPS) is 19.9. The molecule has 15 heavy (non-hydrogen) atoms. The largest absolute Gasteiger partial charge is 0.243 e. The van der Waals surface area contributed by atoms with Crippen LogP contribution in [0, 0.1) is 0 Å². The Morgan fingerprint density at radius 3 is 2.60 bits per heavy atom. The maximum absolute atomic E-state index is 11.8. The first-order chi connectivity index (χ1) is 6.99. The van der Waals surface area contributed by atoms with Gasteiger partial charge < -0.3 is 0 Å². The van der Waals surface area contributed by atoms with Crippen molar-refractivity contribution in [3.05, 3.63) is 16.1 Å². The van der Waals surface area contributed by atoms with E-state index >= 15 is 0 Å². The van der Waals surface area contributed by atoms with E-state index in [1.54, 1.807) is 0 Å². The van der Waals surface area contributed by atoms with E-state index in [1.165, 1.54) is 17.6 Å². The number of aromatic nitrogens is 1. The first kappa shape index (κ1) is 11.4. The van der Waals surface area contributed by atoms with Crippen molar-refractivity contribution < 1.29 is 8.42 Å². The van der Waals surface area contributed by atoms with Gasteiger partial charge >= 0.3 is 0 Å². The molecule has 0 atom stereocenters. The van der Waals surface area contributed by atoms with Crippen molar-refractivity contribution in [1.82, 2.24) is 4.98 Å². The van der Waals surface area contributed by atoms with E-state index in [0.29, 0.717) is 23.7 Å². The standard InChI is InChI=1S/C9H12ClNO2S2/c1-15(12,13)9(3-2-4-9)8-11-7(5-10)6-14-8/h6H,2-5H2,1H3.